The van der Waals surface area contributed by atoms with E-state index in [1.54, 1.807) is 56.1 Å². The molecule has 7 rings (SSSR count). The van der Waals surface area contributed by atoms with E-state index in [1.807, 2.05) is 14.7 Å². The first kappa shape index (κ1) is 68.9. The zero-order chi connectivity index (χ0) is 64.4. The van der Waals surface area contributed by atoms with Gasteiger partial charge in [0.25, 0.3) is 5.91 Å². The number of sulfonamides is 1. The summed E-state index contributed by atoms with van der Waals surface area (Å²) in [6.45, 7) is 14.4. The van der Waals surface area contributed by atoms with Gasteiger partial charge in [-0.15, -0.1) is 0 Å². The number of aromatic amines is 1. The second-order valence-corrected chi connectivity index (χ2v) is 27.2. The van der Waals surface area contributed by atoms with Crippen molar-refractivity contribution in [3.05, 3.63) is 93.7 Å². The van der Waals surface area contributed by atoms with Gasteiger partial charge >= 0.3 is 204 Å². The Morgan fingerprint density at radius 3 is 2.02 bits per heavy atom. The van der Waals surface area contributed by atoms with Crippen LogP contribution in [0.2, 0.25) is 0 Å². The Morgan fingerprint density at radius 2 is 1.40 bits per heavy atom. The Hall–Kier alpha value is -7.62. The van der Waals surface area contributed by atoms with Gasteiger partial charge in [0, 0.05) is 63.6 Å². The van der Waals surface area contributed by atoms with Gasteiger partial charge in [-0.25, -0.2) is 13.4 Å². The van der Waals surface area contributed by atoms with Crippen molar-refractivity contribution in [2.24, 2.45) is 7.05 Å². The molecule has 0 saturated carbocycles. The van der Waals surface area contributed by atoms with E-state index in [0.29, 0.717) is 88.4 Å². The molecule has 3 unspecified atom stereocenters. The van der Waals surface area contributed by atoms with Gasteiger partial charge in [-0.3, -0.25) is 28.8 Å². The zero-order valence-electron chi connectivity index (χ0n) is 50.6. The summed E-state index contributed by atoms with van der Waals surface area (Å²) in [4.78, 5) is 133. The molecule has 0 spiro atoms. The summed E-state index contributed by atoms with van der Waals surface area (Å²) < 4.78 is 54.0. The normalized spacial score (nSPS) is 18.6. The number of benzene rings is 2. The van der Waals surface area contributed by atoms with E-state index in [2.05, 4.69) is 58.1 Å². The van der Waals surface area contributed by atoms with Crippen molar-refractivity contribution in [3.63, 3.8) is 0 Å². The molecule has 5 heterocycles. The van der Waals surface area contributed by atoms with Crippen molar-refractivity contribution in [2.75, 3.05) is 110 Å². The topological polar surface area (TPSA) is 376 Å². The summed E-state index contributed by atoms with van der Waals surface area (Å²) in [6.07, 6.45) is 5.37. The van der Waals surface area contributed by atoms with E-state index >= 15 is 0 Å². The Bertz CT molecular complexity index is 3350. The van der Waals surface area contributed by atoms with Crippen LogP contribution in [0.1, 0.15) is 66.6 Å². The number of carbonyl (C=O) groups excluding carboxylic acids is 7. The predicted octanol–water partition coefficient (Wildman–Crippen LogP) is -1.32. The summed E-state index contributed by atoms with van der Waals surface area (Å²) in [5.41, 5.74) is 0.965. The van der Waals surface area contributed by atoms with E-state index in [9.17, 15) is 56.7 Å². The SMILES string of the molecule is C=C1CN2CCN3CCN(CC(=O)N[C@@H](CC)C(=O)N[C@@H](CC)C(=O)NCCNC(=O)CCCOc4cc(C)c(S(=O)(=O)NC(CNC(=O)c5cn(C)c6cc(CNc7ncc[nH]7)ccc6c5=O)C(=O)O)c(C)c4)CCN(CC2)CC(=O)[O][In]([O]1)[O]C(=O)C3. The van der Waals surface area contributed by atoms with Crippen molar-refractivity contribution in [3.8, 4) is 5.75 Å². The minimum atomic E-state index is -4.50. The molecule has 4 aromatic rings. The van der Waals surface area contributed by atoms with Crippen LogP contribution in [0.3, 0.4) is 0 Å². The third-order valence-electron chi connectivity index (χ3n) is 15.0. The number of rotatable bonds is 26. The number of carboxylic acids is 1. The summed E-state index contributed by atoms with van der Waals surface area (Å²) in [6, 6.07) is 4.28. The number of anilines is 1. The average Bonchev–Trinajstić information content (AvgIpc) is 3.48. The van der Waals surface area contributed by atoms with Gasteiger partial charge in [-0.2, -0.15) is 4.72 Å². The third kappa shape index (κ3) is 20.5. The van der Waals surface area contributed by atoms with E-state index in [-0.39, 0.29) is 97.9 Å². The van der Waals surface area contributed by atoms with Crippen LogP contribution in [0.5, 0.6) is 5.75 Å². The van der Waals surface area contributed by atoms with Crippen LogP contribution in [0.15, 0.2) is 71.0 Å². The number of aryl methyl sites for hydroxylation is 3. The van der Waals surface area contributed by atoms with Crippen LogP contribution < -0.4 is 46.8 Å². The first-order valence-electron chi connectivity index (χ1n) is 29.4. The van der Waals surface area contributed by atoms with E-state index in [1.165, 1.54) is 32.2 Å². The summed E-state index contributed by atoms with van der Waals surface area (Å²) >= 11 is -4.04. The Morgan fingerprint density at radius 1 is 0.787 bits per heavy atom. The fourth-order valence-electron chi connectivity index (χ4n) is 10.3. The van der Waals surface area contributed by atoms with Gasteiger partial charge in [-0.1, -0.05) is 19.9 Å². The molecule has 2 aromatic carbocycles. The van der Waals surface area contributed by atoms with Crippen molar-refractivity contribution in [2.45, 2.75) is 82.9 Å². The van der Waals surface area contributed by atoms with Crippen LogP contribution in [-0.4, -0.2) is 241 Å². The summed E-state index contributed by atoms with van der Waals surface area (Å²) in [5, 5.41) is 26.7. The maximum absolute atomic E-state index is 13.7. The fourth-order valence-corrected chi connectivity index (χ4v) is 15.0. The van der Waals surface area contributed by atoms with E-state index in [4.69, 9.17) is 13.3 Å². The molecule has 5 amide bonds. The number of pyridine rings is 1. The number of hydrogen-bond acceptors (Lipinski definition) is 21. The number of carboxylic acid groups (broad SMARTS) is 1. The predicted molar refractivity (Wildman–Crippen MR) is 324 cm³/mol. The van der Waals surface area contributed by atoms with E-state index < -0.39 is 104 Å². The van der Waals surface area contributed by atoms with Gasteiger partial charge in [0.05, 0.1) is 17.0 Å². The first-order valence-corrected chi connectivity index (χ1v) is 34.9. The number of amides is 5. The number of hydrogen-bond donors (Lipinski definition) is 9. The molecular formula is C57H79InN14O16S. The van der Waals surface area contributed by atoms with Crippen molar-refractivity contribution < 1.29 is 65.2 Å². The molecule has 30 nitrogen and oxygen atoms in total. The molecule has 3 aliphatic heterocycles. The molecule has 9 N–H and O–H groups in total. The summed E-state index contributed by atoms with van der Waals surface area (Å²) in [7, 11) is -2.85. The quantitative estimate of drug-likeness (QED) is 0.0329. The zero-order valence-corrected chi connectivity index (χ0v) is 54.8. The first-order chi connectivity index (χ1) is 42.5. The van der Waals surface area contributed by atoms with Gasteiger partial charge < -0.3 is 46.0 Å². The van der Waals surface area contributed by atoms with Crippen LogP contribution in [-0.2, 0) is 65.7 Å². The number of imidazole rings is 1. The molecule has 2 aromatic heterocycles. The average molecular weight is 1360 g/mol. The molecule has 0 radical (unpaired) electrons. The minimum absolute atomic E-state index is 0.0464. The number of aromatic nitrogens is 3. The van der Waals surface area contributed by atoms with Crippen molar-refractivity contribution >= 4 is 97.1 Å². The monoisotopic (exact) mass is 1360 g/mol. The van der Waals surface area contributed by atoms with Crippen LogP contribution in [0.25, 0.3) is 10.9 Å². The number of ether oxygens (including phenoxy) is 1. The van der Waals surface area contributed by atoms with Crippen LogP contribution in [0, 0.1) is 13.8 Å². The van der Waals surface area contributed by atoms with Crippen molar-refractivity contribution in [1.29, 1.82) is 0 Å². The molecule has 3 aliphatic rings. The number of aliphatic carboxylic acids is 1. The molecule has 3 fully saturated rings. The summed E-state index contributed by atoms with van der Waals surface area (Å²) in [5.74, 6) is -4.17. The van der Waals surface area contributed by atoms with Gasteiger partial charge in [0.15, 0.2) is 5.95 Å². The second-order valence-electron chi connectivity index (χ2n) is 21.9. The molecular weight excluding hydrogens is 1280 g/mol. The standard InChI is InChI=1S/C57H82N14O16S.In/c1-7-43(65-55(82)44(8-2)64-48(74)33-69-19-23-70(34-49(75)76)21-17-68(31-38(5)72)18-22-71(24-20-69)35-50(77)78)54(81)59-14-13-58-47(73)10-9-25-87-40-26-36(3)52(37(4)27-40)88(85,86)66-45(56(83)84)30-62-53(80)42-32-67(6)46-28-39(11-12-41(46)51(42)79)29-63-57-60-15-16-61-57;/h11-12,15-16,26-28,32,43-45,66,72H,5,7-10,13-14,17-25,29-31,33-35H2,1-4,6H3,(H,58,73)(H,59,81)(H,62,80)(H,64,74)(H,65,82)(H,75,76)(H,77,78)(H,83,84)(H2,60,61,63);/q;+3/p-3/t43-,44-,45?;/m0./s1. The van der Waals surface area contributed by atoms with Crippen LogP contribution >= 0.6 is 0 Å². The Balaban J connectivity index is 0.812. The molecule has 89 heavy (non-hydrogen) atoms. The van der Waals surface area contributed by atoms with E-state index in [0.717, 1.165) is 5.56 Å². The molecule has 3 saturated heterocycles. The molecule has 482 valence electrons. The molecule has 0 aliphatic carbocycles. The second kappa shape index (κ2) is 32.7. The molecule has 32 heteroatoms. The van der Waals surface area contributed by atoms with Gasteiger partial charge in [0.1, 0.15) is 23.4 Å². The number of carbonyl (C=O) groups is 8. The molecule has 5 atom stereocenters. The number of fused-ring (bicyclic) bond motifs is 8. The number of H-pyrrole nitrogens is 1. The van der Waals surface area contributed by atoms with Gasteiger partial charge in [0.2, 0.25) is 27.3 Å². The Labute approximate surface area is 524 Å². The Kier molecular flexibility index (Phi) is 25.3. The maximum atomic E-state index is 13.7. The van der Waals surface area contributed by atoms with Crippen LogP contribution in [0.4, 0.5) is 5.95 Å². The van der Waals surface area contributed by atoms with Gasteiger partial charge in [-0.05, 0) is 67.6 Å². The molecule has 4 bridgehead atoms. The number of nitrogens with one attached hydrogen (secondary N) is 8. The fraction of sp³-hybridized carbons (Fsp3) is 0.509. The van der Waals surface area contributed by atoms with Crippen molar-refractivity contribution in [1.82, 2.24) is 65.4 Å². The number of nitrogens with zero attached hydrogens (tertiary/aromatic N) is 6. The third-order valence-corrected chi connectivity index (χ3v) is 20.9.